The van der Waals surface area contributed by atoms with Gasteiger partial charge in [0.15, 0.2) is 0 Å². The smallest absolute Gasteiger partial charge is 0.373 e. The van der Waals surface area contributed by atoms with Crippen LogP contribution in [0.25, 0.3) is 6.08 Å². The summed E-state index contributed by atoms with van der Waals surface area (Å²) in [6.07, 6.45) is 3.74. The van der Waals surface area contributed by atoms with Crippen LogP contribution < -0.4 is 4.74 Å². The van der Waals surface area contributed by atoms with Crippen LogP contribution in [0.1, 0.15) is 25.3 Å². The average molecular weight is 390 g/mol. The van der Waals surface area contributed by atoms with E-state index in [4.69, 9.17) is 9.47 Å². The Bertz CT molecular complexity index is 483. The van der Waals surface area contributed by atoms with E-state index in [0.717, 1.165) is 27.7 Å². The van der Waals surface area contributed by atoms with Crippen molar-refractivity contribution >= 4 is 34.6 Å². The van der Waals surface area contributed by atoms with E-state index < -0.39 is 5.97 Å². The number of unbranched alkanes of at least 4 members (excludes halogenated alkanes) is 1. The molecule has 1 rings (SSSR count). The molecule has 0 saturated heterocycles. The van der Waals surface area contributed by atoms with Crippen molar-refractivity contribution in [3.05, 3.63) is 33.1 Å². The van der Waals surface area contributed by atoms with Gasteiger partial charge in [0.05, 0.1) is 24.4 Å². The Balaban J connectivity index is 2.93. The van der Waals surface area contributed by atoms with Gasteiger partial charge in [-0.1, -0.05) is 19.4 Å². The van der Waals surface area contributed by atoms with E-state index in [0.29, 0.717) is 6.61 Å². The minimum absolute atomic E-state index is 0.160. The van der Waals surface area contributed by atoms with Gasteiger partial charge in [0.1, 0.15) is 5.75 Å². The Labute approximate surface area is 133 Å². The molecule has 0 aliphatic heterocycles. The maximum absolute atomic E-state index is 11.5. The number of halogens is 1. The van der Waals surface area contributed by atoms with E-state index in [-0.39, 0.29) is 5.76 Å². The Morgan fingerprint density at radius 2 is 2.05 bits per heavy atom. The number of carbonyl (C=O) groups is 1. The summed E-state index contributed by atoms with van der Waals surface area (Å²) in [5.41, 5.74) is 0.833. The molecule has 0 N–H and O–H groups in total. The molecule has 0 aliphatic rings. The lowest BCUT2D eigenvalue weighted by molar-refractivity contribution is -0.139. The van der Waals surface area contributed by atoms with Crippen LogP contribution in [-0.2, 0) is 14.3 Å². The Kier molecular flexibility index (Phi) is 7.43. The summed E-state index contributed by atoms with van der Waals surface area (Å²) < 4.78 is 16.4. The highest BCUT2D eigenvalue weighted by molar-refractivity contribution is 14.1. The van der Waals surface area contributed by atoms with Crippen LogP contribution in [0.15, 0.2) is 24.0 Å². The summed E-state index contributed by atoms with van der Waals surface area (Å²) in [7, 11) is 2.76. The fraction of sp³-hybridized carbons (Fsp3) is 0.400. The molecule has 5 heteroatoms. The van der Waals surface area contributed by atoms with Gasteiger partial charge in [0.2, 0.25) is 5.76 Å². The normalized spacial score (nSPS) is 11.1. The minimum atomic E-state index is -0.500. The zero-order valence-corrected chi connectivity index (χ0v) is 14.1. The number of ether oxygens (including phenoxy) is 3. The first-order valence-corrected chi connectivity index (χ1v) is 7.46. The zero-order chi connectivity index (χ0) is 15.0. The van der Waals surface area contributed by atoms with Crippen molar-refractivity contribution in [1.29, 1.82) is 0 Å². The molecule has 0 heterocycles. The molecule has 0 spiro atoms. The Hall–Kier alpha value is -1.24. The zero-order valence-electron chi connectivity index (χ0n) is 11.9. The second-order valence-corrected chi connectivity index (χ2v) is 5.26. The number of rotatable bonds is 7. The van der Waals surface area contributed by atoms with Crippen molar-refractivity contribution in [2.24, 2.45) is 0 Å². The van der Waals surface area contributed by atoms with Gasteiger partial charge in [-0.05, 0) is 52.8 Å². The first kappa shape index (κ1) is 16.8. The topological polar surface area (TPSA) is 44.8 Å². The van der Waals surface area contributed by atoms with Crippen LogP contribution in [0, 0.1) is 3.57 Å². The third-order valence-corrected chi connectivity index (χ3v) is 3.51. The van der Waals surface area contributed by atoms with Crippen LogP contribution in [0.3, 0.4) is 0 Å². The van der Waals surface area contributed by atoms with E-state index >= 15 is 0 Å². The summed E-state index contributed by atoms with van der Waals surface area (Å²) in [6, 6.07) is 5.73. The van der Waals surface area contributed by atoms with Gasteiger partial charge in [-0.3, -0.25) is 0 Å². The summed E-state index contributed by atoms with van der Waals surface area (Å²) in [4.78, 5) is 11.5. The molecular weight excluding hydrogens is 371 g/mol. The van der Waals surface area contributed by atoms with Gasteiger partial charge in [0.25, 0.3) is 0 Å². The second kappa shape index (κ2) is 8.84. The standard InChI is InChI=1S/C15H19IO4/c1-4-5-8-20-13-9-11(6-7-12(13)16)10-14(18-2)15(17)19-3/h6-7,9-10H,4-5,8H2,1-3H3/b14-10-. The predicted octanol–water partition coefficient (Wildman–Crippen LogP) is 3.63. The van der Waals surface area contributed by atoms with Gasteiger partial charge in [-0.2, -0.15) is 0 Å². The van der Waals surface area contributed by atoms with Crippen LogP contribution in [0.4, 0.5) is 0 Å². The molecule has 0 saturated carbocycles. The maximum Gasteiger partial charge on any atom is 0.373 e. The quantitative estimate of drug-likeness (QED) is 0.235. The third kappa shape index (κ3) is 5.03. The molecule has 4 nitrogen and oxygen atoms in total. The summed E-state index contributed by atoms with van der Waals surface area (Å²) in [6.45, 7) is 2.81. The fourth-order valence-corrected chi connectivity index (χ4v) is 1.99. The highest BCUT2D eigenvalue weighted by atomic mass is 127. The highest BCUT2D eigenvalue weighted by Crippen LogP contribution is 2.24. The van der Waals surface area contributed by atoms with Crippen molar-refractivity contribution in [2.75, 3.05) is 20.8 Å². The molecule has 0 aromatic heterocycles. The first-order chi connectivity index (χ1) is 9.62. The maximum atomic E-state index is 11.5. The lowest BCUT2D eigenvalue weighted by Gasteiger charge is -2.09. The molecule has 0 aliphatic carbocycles. The third-order valence-electron chi connectivity index (χ3n) is 2.61. The van der Waals surface area contributed by atoms with Crippen molar-refractivity contribution in [3.8, 4) is 5.75 Å². The highest BCUT2D eigenvalue weighted by Gasteiger charge is 2.10. The molecule has 20 heavy (non-hydrogen) atoms. The van der Waals surface area contributed by atoms with Gasteiger partial charge < -0.3 is 14.2 Å². The van der Waals surface area contributed by atoms with Crippen LogP contribution in [0.5, 0.6) is 5.75 Å². The van der Waals surface area contributed by atoms with E-state index in [1.54, 1.807) is 6.08 Å². The number of hydrogen-bond acceptors (Lipinski definition) is 4. The summed E-state index contributed by atoms with van der Waals surface area (Å²) in [5.74, 6) is 0.473. The van der Waals surface area contributed by atoms with Crippen molar-refractivity contribution in [1.82, 2.24) is 0 Å². The number of methoxy groups -OCH3 is 2. The monoisotopic (exact) mass is 390 g/mol. The molecule has 0 unspecified atom stereocenters. The summed E-state index contributed by atoms with van der Waals surface area (Å²) in [5, 5.41) is 0. The Morgan fingerprint density at radius 1 is 1.30 bits per heavy atom. The predicted molar refractivity (Wildman–Crippen MR) is 86.6 cm³/mol. The average Bonchev–Trinajstić information content (AvgIpc) is 2.47. The van der Waals surface area contributed by atoms with Crippen LogP contribution >= 0.6 is 22.6 Å². The molecule has 0 atom stereocenters. The lowest BCUT2D eigenvalue weighted by atomic mass is 10.2. The largest absolute Gasteiger partial charge is 0.492 e. The molecular formula is C15H19IO4. The van der Waals surface area contributed by atoms with Crippen molar-refractivity contribution in [2.45, 2.75) is 19.8 Å². The number of hydrogen-bond donors (Lipinski definition) is 0. The Morgan fingerprint density at radius 3 is 2.65 bits per heavy atom. The van der Waals surface area contributed by atoms with E-state index in [2.05, 4.69) is 34.3 Å². The van der Waals surface area contributed by atoms with Crippen LogP contribution in [-0.4, -0.2) is 26.8 Å². The van der Waals surface area contributed by atoms with Gasteiger partial charge in [-0.15, -0.1) is 0 Å². The molecule has 0 fully saturated rings. The molecule has 0 bridgehead atoms. The van der Waals surface area contributed by atoms with Crippen molar-refractivity contribution in [3.63, 3.8) is 0 Å². The number of benzene rings is 1. The molecule has 1 aromatic rings. The molecule has 0 radical (unpaired) electrons. The van der Waals surface area contributed by atoms with Gasteiger partial charge in [0, 0.05) is 0 Å². The van der Waals surface area contributed by atoms with E-state index in [1.807, 2.05) is 18.2 Å². The van der Waals surface area contributed by atoms with Gasteiger partial charge in [-0.25, -0.2) is 4.79 Å². The van der Waals surface area contributed by atoms with Gasteiger partial charge >= 0.3 is 5.97 Å². The summed E-state index contributed by atoms with van der Waals surface area (Å²) >= 11 is 2.22. The molecule has 0 amide bonds. The molecule has 1 aromatic carbocycles. The second-order valence-electron chi connectivity index (χ2n) is 4.10. The number of esters is 1. The van der Waals surface area contributed by atoms with E-state index in [9.17, 15) is 4.79 Å². The fourth-order valence-electron chi connectivity index (χ4n) is 1.50. The SMILES string of the molecule is CCCCOc1cc(/C=C(\OC)C(=O)OC)ccc1I. The first-order valence-electron chi connectivity index (χ1n) is 6.38. The minimum Gasteiger partial charge on any atom is -0.492 e. The molecule has 110 valence electrons. The van der Waals surface area contributed by atoms with Crippen LogP contribution in [0.2, 0.25) is 0 Å². The van der Waals surface area contributed by atoms with E-state index in [1.165, 1.54) is 14.2 Å². The number of carbonyl (C=O) groups excluding carboxylic acids is 1. The lowest BCUT2D eigenvalue weighted by Crippen LogP contribution is -2.06. The van der Waals surface area contributed by atoms with Crippen molar-refractivity contribution < 1.29 is 19.0 Å².